The average molecular weight is 260 g/mol. The molecule has 0 unspecified atom stereocenters. The summed E-state index contributed by atoms with van der Waals surface area (Å²) in [4.78, 5) is 11.7. The molecule has 0 fully saturated rings. The van der Waals surface area contributed by atoms with Crippen molar-refractivity contribution in [3.8, 4) is 0 Å². The van der Waals surface area contributed by atoms with E-state index in [-0.39, 0.29) is 0 Å². The van der Waals surface area contributed by atoms with Crippen molar-refractivity contribution in [3.63, 3.8) is 0 Å². The van der Waals surface area contributed by atoms with Gasteiger partial charge in [0.15, 0.2) is 0 Å². The summed E-state index contributed by atoms with van der Waals surface area (Å²) in [5.74, 6) is -0.410. The van der Waals surface area contributed by atoms with E-state index >= 15 is 0 Å². The van der Waals surface area contributed by atoms with Gasteiger partial charge in [-0.3, -0.25) is 0 Å². The van der Waals surface area contributed by atoms with Gasteiger partial charge in [-0.2, -0.15) is 0 Å². The van der Waals surface area contributed by atoms with Gasteiger partial charge < -0.3 is 20.2 Å². The molecule has 2 rings (SSSR count). The third kappa shape index (κ3) is 3.28. The Morgan fingerprint density at radius 3 is 2.95 bits per heavy atom. The Morgan fingerprint density at radius 2 is 2.26 bits per heavy atom. The second-order valence-electron chi connectivity index (χ2n) is 4.01. The molecule has 0 atom stereocenters. The maximum Gasteiger partial charge on any atom is 0.340 e. The molecule has 0 radical (unpaired) electrons. The van der Waals surface area contributed by atoms with Crippen LogP contribution in [0, 0.1) is 0 Å². The molecule has 3 N–H and O–H groups in total. The fourth-order valence-corrected chi connectivity index (χ4v) is 1.65. The fourth-order valence-electron chi connectivity index (χ4n) is 1.65. The number of benzene rings is 1. The molecule has 0 aliphatic rings. The zero-order valence-electron chi connectivity index (χ0n) is 10.7. The lowest BCUT2D eigenvalue weighted by Crippen LogP contribution is -2.09. The van der Waals surface area contributed by atoms with Crippen LogP contribution in [0.3, 0.4) is 0 Å². The number of carbonyl (C=O) groups is 1. The van der Waals surface area contributed by atoms with E-state index in [0.717, 1.165) is 11.3 Å². The number of hydrogen-bond donors (Lipinski definition) is 2. The first-order valence-electron chi connectivity index (χ1n) is 6.02. The highest BCUT2D eigenvalue weighted by Crippen LogP contribution is 2.19. The summed E-state index contributed by atoms with van der Waals surface area (Å²) in [6, 6.07) is 7.06. The highest BCUT2D eigenvalue weighted by atomic mass is 16.5. The molecule has 0 aliphatic carbocycles. The molecule has 0 amide bonds. The molecule has 19 heavy (non-hydrogen) atoms. The van der Waals surface area contributed by atoms with Gasteiger partial charge in [-0.1, -0.05) is 0 Å². The largest absolute Gasteiger partial charge is 0.472 e. The second-order valence-corrected chi connectivity index (χ2v) is 4.01. The number of carbonyl (C=O) groups excluding carboxylic acids is 1. The molecule has 1 aromatic carbocycles. The maximum atomic E-state index is 11.7. The summed E-state index contributed by atoms with van der Waals surface area (Å²) >= 11 is 0. The van der Waals surface area contributed by atoms with Gasteiger partial charge in [-0.25, -0.2) is 4.79 Å². The second kappa shape index (κ2) is 5.95. The van der Waals surface area contributed by atoms with Crippen LogP contribution in [0.4, 0.5) is 11.4 Å². The number of ether oxygens (including phenoxy) is 1. The molecule has 5 nitrogen and oxygen atoms in total. The predicted molar refractivity (Wildman–Crippen MR) is 72.8 cm³/mol. The predicted octanol–water partition coefficient (Wildman–Crippen LogP) is 2.65. The zero-order chi connectivity index (χ0) is 13.7. The first kappa shape index (κ1) is 13.0. The Morgan fingerprint density at radius 1 is 1.42 bits per heavy atom. The SMILES string of the molecule is CCOC(=O)c1cc(NCc2ccoc2)ccc1N. The number of anilines is 2. The van der Waals surface area contributed by atoms with E-state index in [0.29, 0.717) is 24.4 Å². The van der Waals surface area contributed by atoms with Crippen molar-refractivity contribution in [2.45, 2.75) is 13.5 Å². The monoisotopic (exact) mass is 260 g/mol. The lowest BCUT2D eigenvalue weighted by molar-refractivity contribution is 0.0527. The Bertz CT molecular complexity index is 550. The van der Waals surface area contributed by atoms with Gasteiger partial charge in [0.25, 0.3) is 0 Å². The highest BCUT2D eigenvalue weighted by molar-refractivity contribution is 5.96. The summed E-state index contributed by atoms with van der Waals surface area (Å²) in [7, 11) is 0. The van der Waals surface area contributed by atoms with Gasteiger partial charge in [-0.15, -0.1) is 0 Å². The van der Waals surface area contributed by atoms with Gasteiger partial charge in [0, 0.05) is 23.5 Å². The van der Waals surface area contributed by atoms with E-state index in [1.165, 1.54) is 0 Å². The Hall–Kier alpha value is -2.43. The molecule has 0 spiro atoms. The van der Waals surface area contributed by atoms with Gasteiger partial charge in [0.1, 0.15) is 0 Å². The van der Waals surface area contributed by atoms with Gasteiger partial charge in [-0.05, 0) is 31.2 Å². The van der Waals surface area contributed by atoms with Crippen molar-refractivity contribution in [1.29, 1.82) is 0 Å². The molecule has 0 saturated carbocycles. The number of nitrogen functional groups attached to an aromatic ring is 1. The number of nitrogens with one attached hydrogen (secondary N) is 1. The summed E-state index contributed by atoms with van der Waals surface area (Å²) in [5, 5.41) is 3.19. The number of esters is 1. The molecule has 1 aromatic heterocycles. The Kier molecular flexibility index (Phi) is 4.07. The summed E-state index contributed by atoms with van der Waals surface area (Å²) in [6.07, 6.45) is 3.28. The Labute approximate surface area is 111 Å². The van der Waals surface area contributed by atoms with Crippen LogP contribution in [0.5, 0.6) is 0 Å². The first-order chi connectivity index (χ1) is 9.20. The van der Waals surface area contributed by atoms with E-state index in [9.17, 15) is 4.79 Å². The van der Waals surface area contributed by atoms with Crippen LogP contribution in [0.15, 0.2) is 41.2 Å². The normalized spacial score (nSPS) is 10.2. The van der Waals surface area contributed by atoms with Crippen molar-refractivity contribution in [1.82, 2.24) is 0 Å². The topological polar surface area (TPSA) is 77.5 Å². The molecule has 2 aromatic rings. The van der Waals surface area contributed by atoms with Crippen molar-refractivity contribution < 1.29 is 13.9 Å². The molecule has 0 bridgehead atoms. The molecule has 1 heterocycles. The molecular formula is C14H16N2O3. The quantitative estimate of drug-likeness (QED) is 0.638. The van der Waals surface area contributed by atoms with Gasteiger partial charge in [0.05, 0.1) is 24.7 Å². The maximum absolute atomic E-state index is 11.7. The van der Waals surface area contributed by atoms with Crippen LogP contribution in [0.25, 0.3) is 0 Å². The number of hydrogen-bond acceptors (Lipinski definition) is 5. The van der Waals surface area contributed by atoms with Gasteiger partial charge >= 0.3 is 5.97 Å². The van der Waals surface area contributed by atoms with Crippen LogP contribution in [-0.4, -0.2) is 12.6 Å². The number of furan rings is 1. The van der Waals surface area contributed by atoms with Crippen molar-refractivity contribution >= 4 is 17.3 Å². The summed E-state index contributed by atoms with van der Waals surface area (Å²) in [6.45, 7) is 2.70. The van der Waals surface area contributed by atoms with E-state index < -0.39 is 5.97 Å². The molecular weight excluding hydrogens is 244 g/mol. The lowest BCUT2D eigenvalue weighted by atomic mass is 10.1. The smallest absolute Gasteiger partial charge is 0.340 e. The minimum Gasteiger partial charge on any atom is -0.472 e. The van der Waals surface area contributed by atoms with E-state index in [4.69, 9.17) is 14.9 Å². The van der Waals surface area contributed by atoms with E-state index in [2.05, 4.69) is 5.32 Å². The summed E-state index contributed by atoms with van der Waals surface area (Å²) in [5.41, 5.74) is 8.38. The Balaban J connectivity index is 2.09. The third-order valence-corrected chi connectivity index (χ3v) is 2.63. The van der Waals surface area contributed by atoms with E-state index in [1.54, 1.807) is 31.6 Å². The molecule has 0 aliphatic heterocycles. The number of rotatable bonds is 5. The van der Waals surface area contributed by atoms with Crippen LogP contribution in [0.1, 0.15) is 22.8 Å². The van der Waals surface area contributed by atoms with Crippen LogP contribution < -0.4 is 11.1 Å². The van der Waals surface area contributed by atoms with Crippen LogP contribution in [0.2, 0.25) is 0 Å². The van der Waals surface area contributed by atoms with Gasteiger partial charge in [0.2, 0.25) is 0 Å². The van der Waals surface area contributed by atoms with Crippen molar-refractivity contribution in [2.24, 2.45) is 0 Å². The van der Waals surface area contributed by atoms with Crippen molar-refractivity contribution in [2.75, 3.05) is 17.7 Å². The first-order valence-corrected chi connectivity index (χ1v) is 6.02. The van der Waals surface area contributed by atoms with Crippen molar-refractivity contribution in [3.05, 3.63) is 47.9 Å². The molecule has 5 heteroatoms. The minimum atomic E-state index is -0.410. The average Bonchev–Trinajstić information content (AvgIpc) is 2.91. The zero-order valence-corrected chi connectivity index (χ0v) is 10.7. The van der Waals surface area contributed by atoms with Crippen LogP contribution in [-0.2, 0) is 11.3 Å². The third-order valence-electron chi connectivity index (χ3n) is 2.63. The summed E-state index contributed by atoms with van der Waals surface area (Å²) < 4.78 is 9.93. The lowest BCUT2D eigenvalue weighted by Gasteiger charge is -2.09. The van der Waals surface area contributed by atoms with Crippen LogP contribution >= 0.6 is 0 Å². The fraction of sp³-hybridized carbons (Fsp3) is 0.214. The standard InChI is InChI=1S/C14H16N2O3/c1-2-19-14(17)12-7-11(3-4-13(12)15)16-8-10-5-6-18-9-10/h3-7,9,16H,2,8,15H2,1H3. The highest BCUT2D eigenvalue weighted by Gasteiger charge is 2.11. The van der Waals surface area contributed by atoms with E-state index in [1.807, 2.05) is 12.1 Å². The minimum absolute atomic E-state index is 0.324. The molecule has 100 valence electrons. The molecule has 0 saturated heterocycles. The number of nitrogens with two attached hydrogens (primary N) is 1.